The van der Waals surface area contributed by atoms with E-state index in [1.165, 1.54) is 0 Å². The third-order valence-electron chi connectivity index (χ3n) is 0.490. The molecule has 0 atom stereocenters. The summed E-state index contributed by atoms with van der Waals surface area (Å²) in [6.07, 6.45) is 1.06. The van der Waals surface area contributed by atoms with Crippen molar-refractivity contribution in [1.29, 1.82) is 0 Å². The van der Waals surface area contributed by atoms with E-state index < -0.39 is 5.91 Å². The second-order valence-electron chi connectivity index (χ2n) is 1.18. The molecule has 0 aromatic carbocycles. The van der Waals surface area contributed by atoms with Gasteiger partial charge in [0.05, 0.1) is 0 Å². The first-order valence-corrected chi connectivity index (χ1v) is 5.40. The lowest BCUT2D eigenvalue weighted by atomic mass is 10.6. The number of hydrogen-bond donors (Lipinski definition) is 1. The summed E-state index contributed by atoms with van der Waals surface area (Å²) in [4.78, 5) is 9.47. The summed E-state index contributed by atoms with van der Waals surface area (Å²) < 4.78 is 4.82. The first-order valence-electron chi connectivity index (χ1n) is 2.59. The molecule has 0 rings (SSSR count). The van der Waals surface area contributed by atoms with E-state index in [4.69, 9.17) is 4.12 Å². The van der Waals surface area contributed by atoms with E-state index in [2.05, 4.69) is 18.9 Å². The Kier molecular flexibility index (Phi) is 13.4. The van der Waals surface area contributed by atoms with E-state index in [9.17, 15) is 4.79 Å². The van der Waals surface area contributed by atoms with E-state index in [1.807, 2.05) is 0 Å². The third kappa shape index (κ3) is 35.2. The Hall–Kier alpha value is -0.396. The van der Waals surface area contributed by atoms with Crippen molar-refractivity contribution in [2.24, 2.45) is 5.73 Å². The van der Waals surface area contributed by atoms with Crippen molar-refractivity contribution in [3.8, 4) is 0 Å². The van der Waals surface area contributed by atoms with Crippen molar-refractivity contribution in [3.05, 3.63) is 12.7 Å². The fourth-order valence-corrected chi connectivity index (χ4v) is 0. The van der Waals surface area contributed by atoms with Gasteiger partial charge in [-0.05, 0) is 6.08 Å². The van der Waals surface area contributed by atoms with E-state index in [-0.39, 0.29) is 9.76 Å². The molecule has 0 unspecified atom stereocenters. The van der Waals surface area contributed by atoms with Crippen molar-refractivity contribution in [2.45, 2.75) is 6.55 Å². The topological polar surface area (TPSA) is 52.3 Å². The molecule has 0 saturated carbocycles. The average Bonchev–Trinajstić information content (AvgIpc) is 1.89. The SMILES string of the molecule is C=CC(N)=O.C[SiH2]O[SiH3]. The second kappa shape index (κ2) is 10.6. The number of rotatable bonds is 2. The van der Waals surface area contributed by atoms with Gasteiger partial charge in [0.2, 0.25) is 5.91 Å². The van der Waals surface area contributed by atoms with Gasteiger partial charge in [-0.3, -0.25) is 4.79 Å². The maximum absolute atomic E-state index is 9.47. The Morgan fingerprint density at radius 2 is 2.22 bits per heavy atom. The van der Waals surface area contributed by atoms with Crippen molar-refractivity contribution < 1.29 is 8.91 Å². The van der Waals surface area contributed by atoms with Crippen LogP contribution in [0, 0.1) is 0 Å². The molecule has 9 heavy (non-hydrogen) atoms. The predicted molar refractivity (Wildman–Crippen MR) is 44.8 cm³/mol. The standard InChI is InChI=1S/C3H5NO.CH8OSi2/c1-2-3(4)5;1-4-2-3/h2H,1H2,(H2,4,5);4H2,1,3H3. The summed E-state index contributed by atoms with van der Waals surface area (Å²) in [6.45, 7) is 5.22. The van der Waals surface area contributed by atoms with Crippen LogP contribution in [0.5, 0.6) is 0 Å². The van der Waals surface area contributed by atoms with Gasteiger partial charge in [-0.25, -0.2) is 0 Å². The molecule has 5 heteroatoms. The molecule has 3 nitrogen and oxygen atoms in total. The number of nitrogens with two attached hydrogens (primary N) is 1. The van der Waals surface area contributed by atoms with Crippen LogP contribution in [0.4, 0.5) is 0 Å². The Balaban J connectivity index is 0. The zero-order valence-electron chi connectivity index (χ0n) is 5.89. The number of primary amides is 1. The summed E-state index contributed by atoms with van der Waals surface area (Å²) >= 11 is 0. The summed E-state index contributed by atoms with van der Waals surface area (Å²) in [5.41, 5.74) is 4.53. The first kappa shape index (κ1) is 11.4. The van der Waals surface area contributed by atoms with Gasteiger partial charge in [-0.2, -0.15) is 0 Å². The fourth-order valence-electron chi connectivity index (χ4n) is 0. The molecule has 2 N–H and O–H groups in total. The molecule has 0 bridgehead atoms. The van der Waals surface area contributed by atoms with Gasteiger partial charge in [-0.1, -0.05) is 13.1 Å². The Bertz CT molecular complexity index is 84.6. The molecule has 0 heterocycles. The minimum atomic E-state index is -0.481. The molecular formula is C4H13NO2Si2. The van der Waals surface area contributed by atoms with E-state index in [0.717, 1.165) is 16.6 Å². The number of amides is 1. The highest BCUT2D eigenvalue weighted by atomic mass is 28.3. The van der Waals surface area contributed by atoms with Crippen LogP contribution >= 0.6 is 0 Å². The van der Waals surface area contributed by atoms with Crippen LogP contribution in [-0.4, -0.2) is 26.2 Å². The smallest absolute Gasteiger partial charge is 0.240 e. The zero-order valence-corrected chi connectivity index (χ0v) is 9.30. The molecule has 0 aromatic heterocycles. The zero-order chi connectivity index (χ0) is 7.70. The Morgan fingerprint density at radius 3 is 2.22 bits per heavy atom. The number of carbonyl (C=O) groups is 1. The van der Waals surface area contributed by atoms with Crippen LogP contribution in [0.15, 0.2) is 12.7 Å². The van der Waals surface area contributed by atoms with Gasteiger partial charge in [-0.15, -0.1) is 0 Å². The highest BCUT2D eigenvalue weighted by molar-refractivity contribution is 6.32. The van der Waals surface area contributed by atoms with Gasteiger partial charge < -0.3 is 9.85 Å². The fraction of sp³-hybridized carbons (Fsp3) is 0.250. The van der Waals surface area contributed by atoms with Crippen LogP contribution in [-0.2, 0) is 8.91 Å². The van der Waals surface area contributed by atoms with Crippen molar-refractivity contribution in [3.63, 3.8) is 0 Å². The highest BCUT2D eigenvalue weighted by Gasteiger charge is 1.69. The third-order valence-corrected chi connectivity index (χ3v) is 2.80. The molecule has 0 aromatic rings. The van der Waals surface area contributed by atoms with Gasteiger partial charge in [0, 0.05) is 0 Å². The van der Waals surface area contributed by atoms with E-state index in [1.54, 1.807) is 0 Å². The lowest BCUT2D eigenvalue weighted by Gasteiger charge is -1.76. The second-order valence-corrected chi connectivity index (χ2v) is 4.07. The van der Waals surface area contributed by atoms with Crippen molar-refractivity contribution in [2.75, 3.05) is 0 Å². The molecular weight excluding hydrogens is 150 g/mol. The number of carbonyl (C=O) groups excluding carboxylic acids is 1. The van der Waals surface area contributed by atoms with E-state index >= 15 is 0 Å². The van der Waals surface area contributed by atoms with Crippen molar-refractivity contribution >= 4 is 26.2 Å². The lowest BCUT2D eigenvalue weighted by Crippen LogP contribution is -2.04. The first-order chi connectivity index (χ1) is 4.18. The van der Waals surface area contributed by atoms with Crippen LogP contribution in [0.2, 0.25) is 6.55 Å². The van der Waals surface area contributed by atoms with Gasteiger partial charge in [0.15, 0.2) is 0 Å². The summed E-state index contributed by atoms with van der Waals surface area (Å²) in [5.74, 6) is -0.481. The summed E-state index contributed by atoms with van der Waals surface area (Å²) in [6, 6.07) is 0. The van der Waals surface area contributed by atoms with Crippen LogP contribution in [0.25, 0.3) is 0 Å². The summed E-state index contributed by atoms with van der Waals surface area (Å²) in [7, 11) is 0.938. The molecule has 0 spiro atoms. The largest absolute Gasteiger partial charge is 0.468 e. The summed E-state index contributed by atoms with van der Waals surface area (Å²) in [5, 5.41) is 0. The molecule has 1 amide bonds. The lowest BCUT2D eigenvalue weighted by molar-refractivity contribution is -0.113. The monoisotopic (exact) mass is 163 g/mol. The van der Waals surface area contributed by atoms with E-state index in [0.29, 0.717) is 0 Å². The molecule has 0 radical (unpaired) electrons. The predicted octanol–water partition coefficient (Wildman–Crippen LogP) is -1.93. The van der Waals surface area contributed by atoms with Gasteiger partial charge >= 0.3 is 0 Å². The molecule has 54 valence electrons. The Morgan fingerprint density at radius 1 is 2.00 bits per heavy atom. The molecule has 0 saturated heterocycles. The average molecular weight is 163 g/mol. The maximum Gasteiger partial charge on any atom is 0.240 e. The highest BCUT2D eigenvalue weighted by Crippen LogP contribution is 1.48. The van der Waals surface area contributed by atoms with Gasteiger partial charge in [0.1, 0.15) is 20.2 Å². The minimum absolute atomic E-state index is 0.0139. The molecule has 0 fully saturated rings. The number of hydrogen-bond acceptors (Lipinski definition) is 2. The quantitative estimate of drug-likeness (QED) is 0.381. The normalized spacial score (nSPS) is 8.56. The van der Waals surface area contributed by atoms with Crippen LogP contribution in [0.3, 0.4) is 0 Å². The van der Waals surface area contributed by atoms with Crippen molar-refractivity contribution in [1.82, 2.24) is 0 Å². The van der Waals surface area contributed by atoms with Gasteiger partial charge in [0.25, 0.3) is 0 Å². The molecule has 0 aliphatic rings. The maximum atomic E-state index is 9.47. The Labute approximate surface area is 60.8 Å². The van der Waals surface area contributed by atoms with Crippen LogP contribution < -0.4 is 5.73 Å². The minimum Gasteiger partial charge on any atom is -0.468 e. The molecule has 0 aliphatic heterocycles. The van der Waals surface area contributed by atoms with Crippen LogP contribution in [0.1, 0.15) is 0 Å². The molecule has 0 aliphatic carbocycles.